The minimum atomic E-state index is -3.79. The van der Waals surface area contributed by atoms with Crippen LogP contribution in [0.2, 0.25) is 0 Å². The Morgan fingerprint density at radius 3 is 2.71 bits per heavy atom. The molecule has 0 radical (unpaired) electrons. The molecule has 0 amide bonds. The second kappa shape index (κ2) is 5.75. The first-order valence-corrected chi connectivity index (χ1v) is 9.23. The van der Waals surface area contributed by atoms with Crippen LogP contribution in [0.1, 0.15) is 23.6 Å². The van der Waals surface area contributed by atoms with E-state index in [0.717, 1.165) is 5.56 Å². The molecule has 0 aromatic heterocycles. The molecule has 0 spiro atoms. The summed E-state index contributed by atoms with van der Waals surface area (Å²) < 4.78 is 53.0. The fourth-order valence-electron chi connectivity index (χ4n) is 3.16. The summed E-state index contributed by atoms with van der Waals surface area (Å²) in [6.07, 6.45) is 1.13. The molecule has 7 heteroatoms. The minimum Gasteiger partial charge on any atom is -0.492 e. The van der Waals surface area contributed by atoms with E-state index in [0.29, 0.717) is 30.8 Å². The Kier molecular flexibility index (Phi) is 3.69. The summed E-state index contributed by atoms with van der Waals surface area (Å²) in [5.41, 5.74) is 1.40. The summed E-state index contributed by atoms with van der Waals surface area (Å²) in [4.78, 5) is 0.127. The maximum atomic E-state index is 13.9. The van der Waals surface area contributed by atoms with Crippen molar-refractivity contribution in [1.82, 2.24) is 4.72 Å². The van der Waals surface area contributed by atoms with Gasteiger partial charge in [-0.1, -0.05) is 24.3 Å². The standard InChI is InChI=1S/C17H16FNO4S/c18-13-5-2-4-12-14(8-10-23-17(12)13)19-24(20,21)15-6-1-3-11-7-9-22-16(11)15/h1-6,14,19H,7-10H2/t14-/m0/s1. The Balaban J connectivity index is 1.70. The number of hydrogen-bond acceptors (Lipinski definition) is 4. The first-order chi connectivity index (χ1) is 11.6. The topological polar surface area (TPSA) is 64.6 Å². The Morgan fingerprint density at radius 1 is 1.04 bits per heavy atom. The maximum absolute atomic E-state index is 13.9. The molecule has 2 aliphatic rings. The fraction of sp³-hybridized carbons (Fsp3) is 0.294. The van der Waals surface area contributed by atoms with Gasteiger partial charge in [-0.2, -0.15) is 0 Å². The molecule has 2 aromatic carbocycles. The van der Waals surface area contributed by atoms with Gasteiger partial charge >= 0.3 is 0 Å². The second-order valence-corrected chi connectivity index (χ2v) is 7.49. The van der Waals surface area contributed by atoms with Crippen molar-refractivity contribution in [2.24, 2.45) is 0 Å². The Labute approximate surface area is 139 Å². The molecule has 4 rings (SSSR count). The van der Waals surface area contributed by atoms with Crippen molar-refractivity contribution in [2.45, 2.75) is 23.8 Å². The Morgan fingerprint density at radius 2 is 1.83 bits per heavy atom. The number of rotatable bonds is 3. The Hall–Kier alpha value is -2.12. The third-order valence-electron chi connectivity index (χ3n) is 4.29. The highest BCUT2D eigenvalue weighted by Gasteiger charge is 2.31. The van der Waals surface area contributed by atoms with Crippen LogP contribution in [0.4, 0.5) is 4.39 Å². The predicted octanol–water partition coefficient (Wildman–Crippen LogP) is 2.56. The molecule has 0 fully saturated rings. The van der Waals surface area contributed by atoms with Crippen molar-refractivity contribution >= 4 is 10.0 Å². The van der Waals surface area contributed by atoms with Crippen molar-refractivity contribution in [3.63, 3.8) is 0 Å². The average molecular weight is 349 g/mol. The lowest BCUT2D eigenvalue weighted by molar-refractivity contribution is 0.250. The highest BCUT2D eigenvalue weighted by Crippen LogP contribution is 2.37. The number of sulfonamides is 1. The molecule has 2 heterocycles. The quantitative estimate of drug-likeness (QED) is 0.925. The molecule has 2 aliphatic heterocycles. The van der Waals surface area contributed by atoms with Gasteiger partial charge in [-0.05, 0) is 17.7 Å². The summed E-state index contributed by atoms with van der Waals surface area (Å²) >= 11 is 0. The lowest BCUT2D eigenvalue weighted by atomic mass is 10.0. The number of hydrogen-bond donors (Lipinski definition) is 1. The van der Waals surface area contributed by atoms with Crippen LogP contribution in [-0.4, -0.2) is 21.6 Å². The lowest BCUT2D eigenvalue weighted by Gasteiger charge is -2.27. The number of fused-ring (bicyclic) bond motifs is 2. The molecule has 24 heavy (non-hydrogen) atoms. The smallest absolute Gasteiger partial charge is 0.244 e. The molecule has 1 N–H and O–H groups in total. The van der Waals surface area contributed by atoms with E-state index in [1.165, 1.54) is 12.1 Å². The van der Waals surface area contributed by atoms with Crippen LogP contribution >= 0.6 is 0 Å². The highest BCUT2D eigenvalue weighted by atomic mass is 32.2. The fourth-order valence-corrected chi connectivity index (χ4v) is 4.59. The van der Waals surface area contributed by atoms with Crippen molar-refractivity contribution in [2.75, 3.05) is 13.2 Å². The average Bonchev–Trinajstić information content (AvgIpc) is 3.04. The van der Waals surface area contributed by atoms with Crippen LogP contribution in [0, 0.1) is 5.82 Å². The van der Waals surface area contributed by atoms with Gasteiger partial charge in [0.2, 0.25) is 10.0 Å². The van der Waals surface area contributed by atoms with Gasteiger partial charge in [0.25, 0.3) is 0 Å². The van der Waals surface area contributed by atoms with Gasteiger partial charge in [0.15, 0.2) is 11.6 Å². The van der Waals surface area contributed by atoms with Crippen LogP contribution in [-0.2, 0) is 16.4 Å². The van der Waals surface area contributed by atoms with E-state index in [1.807, 2.05) is 6.07 Å². The van der Waals surface area contributed by atoms with E-state index in [2.05, 4.69) is 4.72 Å². The molecule has 2 aromatic rings. The Bertz CT molecular complexity index is 897. The third kappa shape index (κ3) is 2.53. The summed E-state index contributed by atoms with van der Waals surface area (Å²) in [5, 5.41) is 0. The van der Waals surface area contributed by atoms with Crippen LogP contribution in [0.25, 0.3) is 0 Å². The monoisotopic (exact) mass is 349 g/mol. The van der Waals surface area contributed by atoms with Crippen LogP contribution in [0.5, 0.6) is 11.5 Å². The first-order valence-electron chi connectivity index (χ1n) is 7.74. The zero-order valence-corrected chi connectivity index (χ0v) is 13.6. The maximum Gasteiger partial charge on any atom is 0.244 e. The van der Waals surface area contributed by atoms with Crippen molar-refractivity contribution in [3.05, 3.63) is 53.3 Å². The zero-order valence-electron chi connectivity index (χ0n) is 12.8. The van der Waals surface area contributed by atoms with Crippen LogP contribution in [0.3, 0.4) is 0 Å². The highest BCUT2D eigenvalue weighted by molar-refractivity contribution is 7.89. The molecule has 0 saturated heterocycles. The number of para-hydroxylation sites is 2. The molecule has 0 saturated carbocycles. The first kappa shape index (κ1) is 15.4. The normalized spacial score (nSPS) is 19.1. The number of nitrogens with one attached hydrogen (secondary N) is 1. The number of halogens is 1. The third-order valence-corrected chi connectivity index (χ3v) is 5.79. The predicted molar refractivity (Wildman–Crippen MR) is 85.2 cm³/mol. The van der Waals surface area contributed by atoms with E-state index in [4.69, 9.17) is 9.47 Å². The molecule has 0 bridgehead atoms. The van der Waals surface area contributed by atoms with Gasteiger partial charge in [-0.25, -0.2) is 17.5 Å². The van der Waals surface area contributed by atoms with Gasteiger partial charge in [0.1, 0.15) is 10.6 Å². The van der Waals surface area contributed by atoms with Gasteiger partial charge in [-0.3, -0.25) is 0 Å². The summed E-state index contributed by atoms with van der Waals surface area (Å²) in [6, 6.07) is 9.09. The molecule has 0 unspecified atom stereocenters. The number of ether oxygens (including phenoxy) is 2. The van der Waals surface area contributed by atoms with E-state index in [-0.39, 0.29) is 17.3 Å². The van der Waals surface area contributed by atoms with Gasteiger partial charge in [0, 0.05) is 18.4 Å². The summed E-state index contributed by atoms with van der Waals surface area (Å²) in [5.74, 6) is 0.0443. The second-order valence-electron chi connectivity index (χ2n) is 5.81. The zero-order chi connectivity index (χ0) is 16.7. The van der Waals surface area contributed by atoms with Gasteiger partial charge < -0.3 is 9.47 Å². The molecular weight excluding hydrogens is 333 g/mol. The van der Waals surface area contributed by atoms with E-state index >= 15 is 0 Å². The van der Waals surface area contributed by atoms with E-state index < -0.39 is 21.9 Å². The van der Waals surface area contributed by atoms with Crippen molar-refractivity contribution in [3.8, 4) is 11.5 Å². The number of benzene rings is 2. The van der Waals surface area contributed by atoms with Crippen LogP contribution < -0.4 is 14.2 Å². The van der Waals surface area contributed by atoms with E-state index in [9.17, 15) is 12.8 Å². The van der Waals surface area contributed by atoms with Gasteiger partial charge in [-0.15, -0.1) is 0 Å². The minimum absolute atomic E-state index is 0.117. The SMILES string of the molecule is O=S(=O)(N[C@H]1CCOc2c(F)cccc21)c1cccc2c1OCC2. The van der Waals surface area contributed by atoms with Gasteiger partial charge in [0.05, 0.1) is 19.3 Å². The molecule has 126 valence electrons. The molecule has 0 aliphatic carbocycles. The molecular formula is C17H16FNO4S. The van der Waals surface area contributed by atoms with E-state index in [1.54, 1.807) is 18.2 Å². The summed E-state index contributed by atoms with van der Waals surface area (Å²) in [6.45, 7) is 0.734. The molecule has 1 atom stereocenters. The largest absolute Gasteiger partial charge is 0.492 e. The van der Waals surface area contributed by atoms with Crippen molar-refractivity contribution in [1.29, 1.82) is 0 Å². The lowest BCUT2D eigenvalue weighted by Crippen LogP contribution is -2.32. The van der Waals surface area contributed by atoms with Crippen molar-refractivity contribution < 1.29 is 22.3 Å². The molecule has 5 nitrogen and oxygen atoms in total. The summed E-state index contributed by atoms with van der Waals surface area (Å²) in [7, 11) is -3.79. The van der Waals surface area contributed by atoms with Crippen LogP contribution in [0.15, 0.2) is 41.3 Å².